The van der Waals surface area contributed by atoms with Gasteiger partial charge in [-0.25, -0.2) is 0 Å². The lowest BCUT2D eigenvalue weighted by Crippen LogP contribution is -2.32. The first-order valence-electron chi connectivity index (χ1n) is 9.94. The Hall–Kier alpha value is -2.33. The molecule has 0 bridgehead atoms. The first-order valence-corrected chi connectivity index (χ1v) is 10.3. The summed E-state index contributed by atoms with van der Waals surface area (Å²) in [6.45, 7) is 0.358. The quantitative estimate of drug-likeness (QED) is 0.630. The molecular formula is C23H26ClNO3. The largest absolute Gasteiger partial charge is 0.481 e. The maximum absolute atomic E-state index is 13.1. The summed E-state index contributed by atoms with van der Waals surface area (Å²) in [6.07, 6.45) is 6.77. The van der Waals surface area contributed by atoms with Crippen LogP contribution < -0.4 is 4.90 Å². The molecule has 0 saturated heterocycles. The van der Waals surface area contributed by atoms with Crippen molar-refractivity contribution >= 4 is 29.2 Å². The monoisotopic (exact) mass is 399 g/mol. The number of carbonyl (C=O) groups excluding carboxylic acids is 1. The number of halogens is 1. The summed E-state index contributed by atoms with van der Waals surface area (Å²) in [4.78, 5) is 25.6. The third-order valence-electron chi connectivity index (χ3n) is 5.39. The number of amides is 1. The van der Waals surface area contributed by atoms with Crippen LogP contribution in [0.1, 0.15) is 66.8 Å². The van der Waals surface area contributed by atoms with Gasteiger partial charge in [0, 0.05) is 29.2 Å². The van der Waals surface area contributed by atoms with E-state index in [-0.39, 0.29) is 12.3 Å². The molecule has 0 atom stereocenters. The first-order chi connectivity index (χ1) is 13.5. The Morgan fingerprint density at radius 3 is 2.21 bits per heavy atom. The molecule has 0 radical (unpaired) electrons. The molecule has 2 aromatic carbocycles. The summed E-state index contributed by atoms with van der Waals surface area (Å²) in [7, 11) is 0. The van der Waals surface area contributed by atoms with E-state index in [9.17, 15) is 9.59 Å². The highest BCUT2D eigenvalue weighted by Crippen LogP contribution is 2.33. The van der Waals surface area contributed by atoms with Gasteiger partial charge in [-0.3, -0.25) is 9.59 Å². The van der Waals surface area contributed by atoms with Gasteiger partial charge in [-0.15, -0.1) is 0 Å². The highest BCUT2D eigenvalue weighted by molar-refractivity contribution is 6.30. The second-order valence-corrected chi connectivity index (χ2v) is 7.82. The molecule has 1 amide bonds. The van der Waals surface area contributed by atoms with Crippen LogP contribution in [0.5, 0.6) is 0 Å². The van der Waals surface area contributed by atoms with Gasteiger partial charge in [-0.2, -0.15) is 0 Å². The number of anilines is 1. The molecule has 3 rings (SSSR count). The number of hydrogen-bond acceptors (Lipinski definition) is 2. The molecule has 1 saturated carbocycles. The summed E-state index contributed by atoms with van der Waals surface area (Å²) in [5.41, 5.74) is 2.66. The zero-order chi connectivity index (χ0) is 19.9. The Balaban J connectivity index is 1.79. The van der Waals surface area contributed by atoms with Gasteiger partial charge in [0.25, 0.3) is 5.91 Å². The SMILES string of the molecule is O=C(O)CCCN(C(=O)c1ccc(Cl)cc1)c1ccc(C2CCCCC2)cc1. The number of carboxylic acids is 1. The molecule has 28 heavy (non-hydrogen) atoms. The number of carboxylic acid groups (broad SMARTS) is 1. The minimum absolute atomic E-state index is 0.0323. The maximum atomic E-state index is 13.1. The normalized spacial score (nSPS) is 14.6. The van der Waals surface area contributed by atoms with Gasteiger partial charge in [0.05, 0.1) is 0 Å². The summed E-state index contributed by atoms with van der Waals surface area (Å²) in [6, 6.07) is 15.0. The van der Waals surface area contributed by atoms with Crippen molar-refractivity contribution in [2.24, 2.45) is 0 Å². The average molecular weight is 400 g/mol. The van der Waals surface area contributed by atoms with Gasteiger partial charge < -0.3 is 10.0 Å². The highest BCUT2D eigenvalue weighted by atomic mass is 35.5. The molecule has 0 heterocycles. The molecule has 1 aliphatic carbocycles. The standard InChI is InChI=1S/C23H26ClNO3/c24-20-12-8-19(9-13-20)23(28)25(16-4-7-22(26)27)21-14-10-18(11-15-21)17-5-2-1-3-6-17/h8-15,17H,1-7,16H2,(H,26,27). The van der Waals surface area contributed by atoms with Crippen LogP contribution in [0.25, 0.3) is 0 Å². The van der Waals surface area contributed by atoms with E-state index in [4.69, 9.17) is 16.7 Å². The number of aliphatic carboxylic acids is 1. The van der Waals surface area contributed by atoms with E-state index >= 15 is 0 Å². The molecule has 0 aliphatic heterocycles. The van der Waals surface area contributed by atoms with Crippen LogP contribution in [-0.4, -0.2) is 23.5 Å². The lowest BCUT2D eigenvalue weighted by molar-refractivity contribution is -0.137. The molecule has 0 spiro atoms. The fourth-order valence-corrected chi connectivity index (χ4v) is 3.97. The third kappa shape index (κ3) is 5.35. The minimum atomic E-state index is -0.855. The van der Waals surface area contributed by atoms with E-state index in [1.807, 2.05) is 12.1 Å². The van der Waals surface area contributed by atoms with Gasteiger partial charge in [0.1, 0.15) is 0 Å². The van der Waals surface area contributed by atoms with E-state index in [2.05, 4.69) is 12.1 Å². The fourth-order valence-electron chi connectivity index (χ4n) is 3.85. The van der Waals surface area contributed by atoms with E-state index in [1.54, 1.807) is 29.2 Å². The van der Waals surface area contributed by atoms with Crippen molar-refractivity contribution < 1.29 is 14.7 Å². The van der Waals surface area contributed by atoms with Crippen molar-refractivity contribution in [2.75, 3.05) is 11.4 Å². The number of rotatable bonds is 7. The van der Waals surface area contributed by atoms with E-state index in [0.29, 0.717) is 29.5 Å². The number of carbonyl (C=O) groups is 2. The van der Waals surface area contributed by atoms with Crippen molar-refractivity contribution in [3.63, 3.8) is 0 Å². The van der Waals surface area contributed by atoms with Crippen molar-refractivity contribution in [1.29, 1.82) is 0 Å². The first kappa shape index (κ1) is 20.4. The molecular weight excluding hydrogens is 374 g/mol. The van der Waals surface area contributed by atoms with Gasteiger partial charge in [-0.05, 0) is 67.1 Å². The molecule has 0 aromatic heterocycles. The molecule has 1 aliphatic rings. The summed E-state index contributed by atoms with van der Waals surface area (Å²) in [5.74, 6) is -0.394. The summed E-state index contributed by atoms with van der Waals surface area (Å²) in [5, 5.41) is 9.52. The van der Waals surface area contributed by atoms with Crippen LogP contribution in [0.4, 0.5) is 5.69 Å². The Kier molecular flexibility index (Phi) is 7.10. The van der Waals surface area contributed by atoms with Crippen LogP contribution in [0.3, 0.4) is 0 Å². The van der Waals surface area contributed by atoms with Crippen molar-refractivity contribution in [2.45, 2.75) is 50.9 Å². The van der Waals surface area contributed by atoms with Crippen molar-refractivity contribution in [1.82, 2.24) is 0 Å². The Bertz CT molecular complexity index is 796. The number of benzene rings is 2. The van der Waals surface area contributed by atoms with E-state index in [1.165, 1.54) is 37.7 Å². The Labute approximate surface area is 171 Å². The molecule has 0 unspecified atom stereocenters. The van der Waals surface area contributed by atoms with Crippen molar-refractivity contribution in [3.8, 4) is 0 Å². The van der Waals surface area contributed by atoms with Crippen LogP contribution in [0, 0.1) is 0 Å². The van der Waals surface area contributed by atoms with Crippen LogP contribution in [0.2, 0.25) is 5.02 Å². The van der Waals surface area contributed by atoms with Crippen LogP contribution in [-0.2, 0) is 4.79 Å². The molecule has 2 aromatic rings. The van der Waals surface area contributed by atoms with Crippen molar-refractivity contribution in [3.05, 3.63) is 64.7 Å². The zero-order valence-electron chi connectivity index (χ0n) is 15.9. The van der Waals surface area contributed by atoms with Gasteiger partial charge >= 0.3 is 5.97 Å². The second-order valence-electron chi connectivity index (χ2n) is 7.39. The lowest BCUT2D eigenvalue weighted by Gasteiger charge is -2.25. The molecule has 4 nitrogen and oxygen atoms in total. The highest BCUT2D eigenvalue weighted by Gasteiger charge is 2.20. The summed E-state index contributed by atoms with van der Waals surface area (Å²) < 4.78 is 0. The smallest absolute Gasteiger partial charge is 0.303 e. The lowest BCUT2D eigenvalue weighted by atomic mass is 9.84. The van der Waals surface area contributed by atoms with Gasteiger partial charge in [0.2, 0.25) is 0 Å². The molecule has 1 fully saturated rings. The maximum Gasteiger partial charge on any atom is 0.303 e. The predicted octanol–water partition coefficient (Wildman–Crippen LogP) is 5.90. The Morgan fingerprint density at radius 2 is 1.61 bits per heavy atom. The van der Waals surface area contributed by atoms with Crippen LogP contribution in [0.15, 0.2) is 48.5 Å². The van der Waals surface area contributed by atoms with Gasteiger partial charge in [-0.1, -0.05) is 43.0 Å². The topological polar surface area (TPSA) is 57.6 Å². The van der Waals surface area contributed by atoms with E-state index < -0.39 is 5.97 Å². The number of hydrogen-bond donors (Lipinski definition) is 1. The molecule has 5 heteroatoms. The third-order valence-corrected chi connectivity index (χ3v) is 5.64. The van der Waals surface area contributed by atoms with E-state index in [0.717, 1.165) is 5.69 Å². The molecule has 148 valence electrons. The second kappa shape index (κ2) is 9.74. The van der Waals surface area contributed by atoms with Gasteiger partial charge in [0.15, 0.2) is 0 Å². The fraction of sp³-hybridized carbons (Fsp3) is 0.391. The Morgan fingerprint density at radius 1 is 0.964 bits per heavy atom. The number of nitrogens with zero attached hydrogens (tertiary/aromatic N) is 1. The summed E-state index contributed by atoms with van der Waals surface area (Å²) >= 11 is 5.93. The molecule has 1 N–H and O–H groups in total. The average Bonchev–Trinajstić information content (AvgIpc) is 2.72. The van der Waals surface area contributed by atoms with Crippen LogP contribution >= 0.6 is 11.6 Å². The minimum Gasteiger partial charge on any atom is -0.481 e. The predicted molar refractivity (Wildman–Crippen MR) is 112 cm³/mol. The zero-order valence-corrected chi connectivity index (χ0v) is 16.7.